The largest absolute Gasteiger partial charge is 0.495 e. The number of carbonyl (C=O) groups excluding carboxylic acids is 2. The smallest absolute Gasteiger partial charge is 0.254 e. The molecule has 1 fully saturated rings. The number of nitrogens with one attached hydrogen (secondary N) is 1. The van der Waals surface area contributed by atoms with E-state index in [9.17, 15) is 9.59 Å². The number of aliphatic imine (C=N–C) groups is 1. The number of hydrogen-bond acceptors (Lipinski definition) is 6. The molecule has 2 aromatic rings. The molecule has 0 radical (unpaired) electrons. The normalized spacial score (nSPS) is 19.5. The Kier molecular flexibility index (Phi) is 7.54. The van der Waals surface area contributed by atoms with E-state index in [1.54, 1.807) is 26.4 Å². The summed E-state index contributed by atoms with van der Waals surface area (Å²) in [4.78, 5) is 31.7. The molecule has 2 aliphatic rings. The summed E-state index contributed by atoms with van der Waals surface area (Å²) in [7, 11) is 3.15. The molecule has 1 aliphatic heterocycles. The third kappa shape index (κ3) is 4.94. The average molecular weight is 477 g/mol. The van der Waals surface area contributed by atoms with Crippen LogP contribution in [-0.4, -0.2) is 38.2 Å². The van der Waals surface area contributed by atoms with Gasteiger partial charge in [-0.2, -0.15) is 0 Å². The number of amides is 1. The number of benzene rings is 2. The number of Topliss-reactive ketones (excluding diaryl/α,β-unsaturated/α-hetero) is 1. The number of hydrogen-bond donors (Lipinski definition) is 1. The predicted octanol–water partition coefficient (Wildman–Crippen LogP) is 5.31. The molecule has 1 aliphatic carbocycles. The maximum Gasteiger partial charge on any atom is 0.254 e. The second-order valence-corrected chi connectivity index (χ2v) is 8.79. The van der Waals surface area contributed by atoms with Crippen molar-refractivity contribution in [1.82, 2.24) is 0 Å². The van der Waals surface area contributed by atoms with Crippen molar-refractivity contribution in [2.45, 2.75) is 45.4 Å². The minimum atomic E-state index is -0.474. The van der Waals surface area contributed by atoms with Crippen molar-refractivity contribution in [3.8, 4) is 17.2 Å². The summed E-state index contributed by atoms with van der Waals surface area (Å²) in [6, 6.07) is 12.9. The zero-order chi connectivity index (χ0) is 24.9. The van der Waals surface area contributed by atoms with E-state index in [4.69, 9.17) is 19.2 Å². The van der Waals surface area contributed by atoms with E-state index < -0.39 is 11.8 Å². The molecular formula is C28H32N2O5. The molecule has 35 heavy (non-hydrogen) atoms. The molecule has 1 N–H and O–H groups in total. The summed E-state index contributed by atoms with van der Waals surface area (Å²) in [5.74, 6) is 0.633. The van der Waals surface area contributed by atoms with Gasteiger partial charge in [0, 0.05) is 29.3 Å². The fourth-order valence-corrected chi connectivity index (χ4v) is 4.92. The zero-order valence-electron chi connectivity index (χ0n) is 20.7. The lowest BCUT2D eigenvalue weighted by Crippen LogP contribution is -2.39. The van der Waals surface area contributed by atoms with Gasteiger partial charge < -0.3 is 19.5 Å². The van der Waals surface area contributed by atoms with E-state index >= 15 is 0 Å². The van der Waals surface area contributed by atoms with Crippen molar-refractivity contribution in [3.63, 3.8) is 0 Å². The summed E-state index contributed by atoms with van der Waals surface area (Å²) in [5, 5.41) is 2.98. The monoisotopic (exact) mass is 476 g/mol. The molecule has 184 valence electrons. The van der Waals surface area contributed by atoms with Gasteiger partial charge in [0.2, 0.25) is 0 Å². The molecule has 2 atom stereocenters. The molecule has 0 spiro atoms. The van der Waals surface area contributed by atoms with Crippen LogP contribution in [0.2, 0.25) is 0 Å². The van der Waals surface area contributed by atoms with E-state index in [-0.39, 0.29) is 11.7 Å². The van der Waals surface area contributed by atoms with Gasteiger partial charge in [-0.25, -0.2) is 0 Å². The van der Waals surface area contributed by atoms with Crippen molar-refractivity contribution in [2.24, 2.45) is 10.9 Å². The Morgan fingerprint density at radius 1 is 1.03 bits per heavy atom. The van der Waals surface area contributed by atoms with Crippen LogP contribution in [0, 0.1) is 5.92 Å². The highest BCUT2D eigenvalue weighted by Crippen LogP contribution is 2.45. The molecule has 0 aromatic heterocycles. The van der Waals surface area contributed by atoms with Crippen LogP contribution < -0.4 is 19.5 Å². The van der Waals surface area contributed by atoms with Gasteiger partial charge in [-0.3, -0.25) is 14.6 Å². The van der Waals surface area contributed by atoms with Gasteiger partial charge in [0.25, 0.3) is 5.91 Å². The number of para-hydroxylation sites is 2. The Labute approximate surface area is 206 Å². The van der Waals surface area contributed by atoms with Crippen LogP contribution in [0.1, 0.15) is 51.0 Å². The molecule has 0 saturated heterocycles. The Bertz CT molecular complexity index is 1180. The maximum atomic E-state index is 13.7. The van der Waals surface area contributed by atoms with Crippen molar-refractivity contribution < 1.29 is 23.8 Å². The SMILES string of the molecule is CCCOc1ccc([C@H]2C(C(=O)Nc3ccccc3OC)=C(C)N=C3CCCC(=O)C32)cc1OC. The Hall–Kier alpha value is -3.61. The first kappa shape index (κ1) is 24.5. The minimum Gasteiger partial charge on any atom is -0.495 e. The van der Waals surface area contributed by atoms with Crippen molar-refractivity contribution >= 4 is 23.1 Å². The van der Waals surface area contributed by atoms with E-state index in [1.165, 1.54) is 0 Å². The molecule has 0 bridgehead atoms. The zero-order valence-corrected chi connectivity index (χ0v) is 20.7. The molecule has 2 aromatic carbocycles. The molecule has 7 heteroatoms. The highest BCUT2D eigenvalue weighted by Gasteiger charge is 2.43. The summed E-state index contributed by atoms with van der Waals surface area (Å²) < 4.78 is 16.8. The molecule has 1 unspecified atom stereocenters. The Balaban J connectivity index is 1.79. The van der Waals surface area contributed by atoms with E-state index in [2.05, 4.69) is 5.32 Å². The van der Waals surface area contributed by atoms with Gasteiger partial charge >= 0.3 is 0 Å². The van der Waals surface area contributed by atoms with Crippen LogP contribution >= 0.6 is 0 Å². The lowest BCUT2D eigenvalue weighted by Gasteiger charge is -2.36. The summed E-state index contributed by atoms with van der Waals surface area (Å²) >= 11 is 0. The van der Waals surface area contributed by atoms with Crippen LogP contribution in [0.15, 0.2) is 58.7 Å². The number of fused-ring (bicyclic) bond motifs is 1. The van der Waals surface area contributed by atoms with Crippen molar-refractivity contribution in [2.75, 3.05) is 26.1 Å². The lowest BCUT2D eigenvalue weighted by atomic mass is 9.69. The molecule has 1 heterocycles. The van der Waals surface area contributed by atoms with Crippen LogP contribution in [0.4, 0.5) is 5.69 Å². The number of rotatable bonds is 8. The first-order valence-electron chi connectivity index (χ1n) is 12.0. The van der Waals surface area contributed by atoms with Gasteiger partial charge in [-0.15, -0.1) is 0 Å². The summed E-state index contributed by atoms with van der Waals surface area (Å²) in [6.45, 7) is 4.45. The van der Waals surface area contributed by atoms with Crippen molar-refractivity contribution in [1.29, 1.82) is 0 Å². The first-order valence-corrected chi connectivity index (χ1v) is 12.0. The van der Waals surface area contributed by atoms with Crippen LogP contribution in [0.5, 0.6) is 17.2 Å². The highest BCUT2D eigenvalue weighted by molar-refractivity contribution is 6.14. The van der Waals surface area contributed by atoms with Gasteiger partial charge in [-0.1, -0.05) is 25.1 Å². The van der Waals surface area contributed by atoms with E-state index in [1.807, 2.05) is 44.2 Å². The number of carbonyl (C=O) groups is 2. The first-order chi connectivity index (χ1) is 17.0. The Morgan fingerprint density at radius 2 is 1.80 bits per heavy atom. The minimum absolute atomic E-state index is 0.111. The van der Waals surface area contributed by atoms with Crippen molar-refractivity contribution in [3.05, 3.63) is 59.3 Å². The van der Waals surface area contributed by atoms with Gasteiger partial charge in [-0.05, 0) is 56.0 Å². The highest BCUT2D eigenvalue weighted by atomic mass is 16.5. The van der Waals surface area contributed by atoms with E-state index in [0.717, 1.165) is 30.5 Å². The van der Waals surface area contributed by atoms with Crippen LogP contribution in [-0.2, 0) is 9.59 Å². The summed E-state index contributed by atoms with van der Waals surface area (Å²) in [6.07, 6.45) is 2.89. The summed E-state index contributed by atoms with van der Waals surface area (Å²) in [5.41, 5.74) is 3.33. The third-order valence-electron chi connectivity index (χ3n) is 6.52. The van der Waals surface area contributed by atoms with E-state index in [0.29, 0.717) is 47.2 Å². The standard InChI is InChI=1S/C28H32N2O5/c1-5-15-35-23-14-13-18(16-24(23)34-4)26-25(17(2)29-20-10-8-11-21(31)27(20)26)28(32)30-19-9-6-7-12-22(19)33-3/h6-7,9,12-14,16,26-27H,5,8,10-11,15H2,1-4H3,(H,30,32)/t26-,27?/m0/s1. The quantitative estimate of drug-likeness (QED) is 0.558. The number of ether oxygens (including phenoxy) is 3. The second kappa shape index (κ2) is 10.8. The average Bonchev–Trinajstić information content (AvgIpc) is 2.87. The van der Waals surface area contributed by atoms with Crippen LogP contribution in [0.3, 0.4) is 0 Å². The van der Waals surface area contributed by atoms with Crippen LogP contribution in [0.25, 0.3) is 0 Å². The second-order valence-electron chi connectivity index (χ2n) is 8.79. The molecule has 4 rings (SSSR count). The fraction of sp³-hybridized carbons (Fsp3) is 0.393. The number of allylic oxidation sites excluding steroid dienone is 1. The molecule has 7 nitrogen and oxygen atoms in total. The number of nitrogens with zero attached hydrogens (tertiary/aromatic N) is 1. The Morgan fingerprint density at radius 3 is 2.54 bits per heavy atom. The van der Waals surface area contributed by atoms with Gasteiger partial charge in [0.1, 0.15) is 11.5 Å². The molecule has 1 saturated carbocycles. The lowest BCUT2D eigenvalue weighted by molar-refractivity contribution is -0.122. The fourth-order valence-electron chi connectivity index (χ4n) is 4.92. The molecule has 1 amide bonds. The third-order valence-corrected chi connectivity index (χ3v) is 6.52. The predicted molar refractivity (Wildman–Crippen MR) is 136 cm³/mol. The maximum absolute atomic E-state index is 13.7. The molecular weight excluding hydrogens is 444 g/mol. The number of methoxy groups -OCH3 is 2. The topological polar surface area (TPSA) is 86.2 Å². The number of ketones is 1. The van der Waals surface area contributed by atoms with Gasteiger partial charge in [0.15, 0.2) is 11.5 Å². The van der Waals surface area contributed by atoms with Gasteiger partial charge in [0.05, 0.1) is 32.4 Å². The number of anilines is 1.